The summed E-state index contributed by atoms with van der Waals surface area (Å²) in [6, 6.07) is 7.40. The van der Waals surface area contributed by atoms with Gasteiger partial charge >= 0.3 is 6.09 Å². The van der Waals surface area contributed by atoms with Gasteiger partial charge in [0.2, 0.25) is 5.91 Å². The largest absolute Gasteiger partial charge is 0.449 e. The third-order valence-electron chi connectivity index (χ3n) is 2.57. The lowest BCUT2D eigenvalue weighted by Gasteiger charge is -2.23. The Morgan fingerprint density at radius 1 is 1.39 bits per heavy atom. The number of carbonyl (C=O) groups excluding carboxylic acids is 2. The number of nitrogens with one attached hydrogen (secondary N) is 2. The van der Waals surface area contributed by atoms with Crippen LogP contribution in [0, 0.1) is 0 Å². The molecule has 1 atom stereocenters. The van der Waals surface area contributed by atoms with Crippen LogP contribution in [0.5, 0.6) is 0 Å². The van der Waals surface area contributed by atoms with Crippen molar-refractivity contribution >= 4 is 30.1 Å². The molecule has 0 spiro atoms. The highest BCUT2D eigenvalue weighted by Gasteiger charge is 2.20. The molecule has 2 amide bonds. The number of hydrogen-bond acceptors (Lipinski definition) is 3. The van der Waals surface area contributed by atoms with Gasteiger partial charge in [-0.3, -0.25) is 4.79 Å². The minimum atomic E-state index is -0.382. The van der Waals surface area contributed by atoms with Gasteiger partial charge in [0.25, 0.3) is 0 Å². The molecule has 0 aliphatic carbocycles. The molecule has 5 nitrogen and oxygen atoms in total. The number of benzene rings is 1. The van der Waals surface area contributed by atoms with Crippen LogP contribution in [0.1, 0.15) is 24.9 Å². The molecule has 0 radical (unpaired) electrons. The summed E-state index contributed by atoms with van der Waals surface area (Å²) in [5.74, 6) is -0.0999. The number of carbonyl (C=O) groups is 2. The lowest BCUT2D eigenvalue weighted by molar-refractivity contribution is -0.114. The van der Waals surface area contributed by atoms with Crippen LogP contribution < -0.4 is 10.6 Å². The molecule has 0 bridgehead atoms. The second-order valence-corrected chi connectivity index (χ2v) is 3.92. The van der Waals surface area contributed by atoms with E-state index in [2.05, 4.69) is 10.6 Å². The molecule has 0 saturated carbocycles. The summed E-state index contributed by atoms with van der Waals surface area (Å²) >= 11 is 0. The van der Waals surface area contributed by atoms with Gasteiger partial charge in [-0.1, -0.05) is 12.1 Å². The monoisotopic (exact) mass is 270 g/mol. The van der Waals surface area contributed by atoms with Crippen molar-refractivity contribution in [2.24, 2.45) is 0 Å². The second kappa shape index (κ2) is 6.26. The number of rotatable bonds is 2. The van der Waals surface area contributed by atoms with Crippen LogP contribution in [0.3, 0.4) is 0 Å². The van der Waals surface area contributed by atoms with Crippen LogP contribution in [0.4, 0.5) is 10.5 Å². The molecule has 6 heteroatoms. The third-order valence-corrected chi connectivity index (χ3v) is 2.57. The van der Waals surface area contributed by atoms with E-state index in [0.29, 0.717) is 6.61 Å². The van der Waals surface area contributed by atoms with Gasteiger partial charge < -0.3 is 15.4 Å². The molecule has 18 heavy (non-hydrogen) atoms. The molecule has 98 valence electrons. The average molecular weight is 271 g/mol. The molecular weight excluding hydrogens is 256 g/mol. The fraction of sp³-hybridized carbons (Fsp3) is 0.333. The van der Waals surface area contributed by atoms with Gasteiger partial charge in [0.05, 0.1) is 12.6 Å². The maximum atomic E-state index is 11.1. The maximum absolute atomic E-state index is 11.1. The van der Waals surface area contributed by atoms with Crippen molar-refractivity contribution < 1.29 is 14.3 Å². The molecule has 1 aliphatic rings. The van der Waals surface area contributed by atoms with Crippen LogP contribution in [0.25, 0.3) is 0 Å². The zero-order valence-electron chi connectivity index (χ0n) is 9.93. The standard InChI is InChI=1S/C12H14N2O3.ClH/c1-8(15)13-10-4-2-9(3-5-10)11-6-7-17-12(16)14-11;/h2-5,11H,6-7H2,1H3,(H,13,15)(H,14,16);1H/t11-;/m0./s1. The summed E-state index contributed by atoms with van der Waals surface area (Å²) in [7, 11) is 0. The van der Waals surface area contributed by atoms with E-state index in [1.807, 2.05) is 24.3 Å². The van der Waals surface area contributed by atoms with E-state index < -0.39 is 0 Å². The average Bonchev–Trinajstić information content (AvgIpc) is 2.29. The normalized spacial score (nSPS) is 18.1. The van der Waals surface area contributed by atoms with Crippen molar-refractivity contribution in [3.63, 3.8) is 0 Å². The molecule has 1 aliphatic heterocycles. The molecule has 1 fully saturated rings. The Kier molecular flexibility index (Phi) is 4.97. The van der Waals surface area contributed by atoms with E-state index in [4.69, 9.17) is 4.74 Å². The van der Waals surface area contributed by atoms with E-state index in [1.165, 1.54) is 6.92 Å². The Morgan fingerprint density at radius 2 is 2.06 bits per heavy atom. The van der Waals surface area contributed by atoms with Gasteiger partial charge in [-0.25, -0.2) is 4.79 Å². The van der Waals surface area contributed by atoms with Gasteiger partial charge in [-0.15, -0.1) is 12.4 Å². The summed E-state index contributed by atoms with van der Waals surface area (Å²) in [6.45, 7) is 1.90. The first kappa shape index (κ1) is 14.3. The van der Waals surface area contributed by atoms with E-state index in [0.717, 1.165) is 17.7 Å². The van der Waals surface area contributed by atoms with Crippen molar-refractivity contribution in [1.29, 1.82) is 0 Å². The molecule has 2 N–H and O–H groups in total. The maximum Gasteiger partial charge on any atom is 0.407 e. The Morgan fingerprint density at radius 3 is 2.61 bits per heavy atom. The Balaban J connectivity index is 0.00000162. The highest BCUT2D eigenvalue weighted by molar-refractivity contribution is 5.88. The van der Waals surface area contributed by atoms with Crippen molar-refractivity contribution in [2.45, 2.75) is 19.4 Å². The molecule has 2 rings (SSSR count). The minimum absolute atomic E-state index is 0. The van der Waals surface area contributed by atoms with Gasteiger partial charge in [-0.05, 0) is 17.7 Å². The van der Waals surface area contributed by atoms with E-state index in [1.54, 1.807) is 0 Å². The van der Waals surface area contributed by atoms with Crippen LogP contribution in [0.2, 0.25) is 0 Å². The lowest BCUT2D eigenvalue weighted by Crippen LogP contribution is -2.35. The fourth-order valence-corrected chi connectivity index (χ4v) is 1.78. The number of hydrogen-bond donors (Lipinski definition) is 2. The summed E-state index contributed by atoms with van der Waals surface area (Å²) in [4.78, 5) is 21.9. The number of halogens is 1. The molecule has 1 saturated heterocycles. The van der Waals surface area contributed by atoms with Crippen molar-refractivity contribution in [1.82, 2.24) is 5.32 Å². The topological polar surface area (TPSA) is 67.4 Å². The van der Waals surface area contributed by atoms with Crippen molar-refractivity contribution in [3.8, 4) is 0 Å². The number of alkyl carbamates (subject to hydrolysis) is 1. The van der Waals surface area contributed by atoms with Gasteiger partial charge in [0.1, 0.15) is 0 Å². The molecule has 0 unspecified atom stereocenters. The zero-order chi connectivity index (χ0) is 12.3. The predicted octanol–water partition coefficient (Wildman–Crippen LogP) is 2.24. The van der Waals surface area contributed by atoms with Crippen LogP contribution in [-0.2, 0) is 9.53 Å². The second-order valence-electron chi connectivity index (χ2n) is 3.92. The first-order valence-corrected chi connectivity index (χ1v) is 5.46. The highest BCUT2D eigenvalue weighted by atomic mass is 35.5. The fourth-order valence-electron chi connectivity index (χ4n) is 1.78. The van der Waals surface area contributed by atoms with E-state index in [-0.39, 0.29) is 30.4 Å². The van der Waals surface area contributed by atoms with Crippen molar-refractivity contribution in [3.05, 3.63) is 29.8 Å². The Bertz CT molecular complexity index is 433. The van der Waals surface area contributed by atoms with Crippen LogP contribution >= 0.6 is 12.4 Å². The highest BCUT2D eigenvalue weighted by Crippen LogP contribution is 2.21. The lowest BCUT2D eigenvalue weighted by atomic mass is 10.0. The minimum Gasteiger partial charge on any atom is -0.449 e. The number of amides is 2. The van der Waals surface area contributed by atoms with Crippen molar-refractivity contribution in [2.75, 3.05) is 11.9 Å². The molecule has 1 aromatic rings. The number of ether oxygens (including phenoxy) is 1. The Hall–Kier alpha value is -1.75. The quantitative estimate of drug-likeness (QED) is 0.866. The Labute approximate surface area is 111 Å². The molecule has 1 aromatic carbocycles. The summed E-state index contributed by atoms with van der Waals surface area (Å²) in [5.41, 5.74) is 1.76. The first-order chi connectivity index (χ1) is 8.15. The summed E-state index contributed by atoms with van der Waals surface area (Å²) in [6.07, 6.45) is 0.373. The third kappa shape index (κ3) is 3.63. The number of cyclic esters (lactones) is 1. The smallest absolute Gasteiger partial charge is 0.407 e. The van der Waals surface area contributed by atoms with Gasteiger partial charge in [0, 0.05) is 19.0 Å². The predicted molar refractivity (Wildman–Crippen MR) is 69.8 cm³/mol. The number of anilines is 1. The van der Waals surface area contributed by atoms with Crippen LogP contribution in [0.15, 0.2) is 24.3 Å². The molecule has 0 aromatic heterocycles. The van der Waals surface area contributed by atoms with Crippen LogP contribution in [-0.4, -0.2) is 18.6 Å². The molecular formula is C12H15ClN2O3. The SMILES string of the molecule is CC(=O)Nc1ccc([C@@H]2CCOC(=O)N2)cc1.Cl. The summed E-state index contributed by atoms with van der Waals surface area (Å²) < 4.78 is 4.80. The van der Waals surface area contributed by atoms with E-state index in [9.17, 15) is 9.59 Å². The van der Waals surface area contributed by atoms with E-state index >= 15 is 0 Å². The zero-order valence-corrected chi connectivity index (χ0v) is 10.8. The van der Waals surface area contributed by atoms with Gasteiger partial charge in [-0.2, -0.15) is 0 Å². The first-order valence-electron chi connectivity index (χ1n) is 5.46. The molecule has 1 heterocycles. The summed E-state index contributed by atoms with van der Waals surface area (Å²) in [5, 5.41) is 5.44. The van der Waals surface area contributed by atoms with Gasteiger partial charge in [0.15, 0.2) is 0 Å².